The molecule has 3 heteroatoms. The number of benzene rings is 1. The van der Waals surface area contributed by atoms with Crippen molar-refractivity contribution in [3.05, 3.63) is 41.4 Å². The van der Waals surface area contributed by atoms with E-state index < -0.39 is 0 Å². The molecule has 94 valence electrons. The molecule has 1 aromatic heterocycles. The highest BCUT2D eigenvalue weighted by molar-refractivity contribution is 5.86. The molecule has 2 heterocycles. The van der Waals surface area contributed by atoms with Crippen molar-refractivity contribution >= 4 is 16.7 Å². The van der Waals surface area contributed by atoms with E-state index in [2.05, 4.69) is 40.9 Å². The molecule has 1 aliphatic rings. The molecular weight excluding hydrogens is 222 g/mol. The van der Waals surface area contributed by atoms with Crippen molar-refractivity contribution in [3.63, 3.8) is 0 Å². The number of allylic oxidation sites excluding steroid dienone is 1. The van der Waals surface area contributed by atoms with Crippen molar-refractivity contribution in [2.75, 3.05) is 0 Å². The van der Waals surface area contributed by atoms with Crippen LogP contribution in [-0.4, -0.2) is 15.7 Å². The summed E-state index contributed by atoms with van der Waals surface area (Å²) in [5, 5.41) is 0. The molecule has 3 rings (SSSR count). The molecule has 0 spiro atoms. The second kappa shape index (κ2) is 5.17. The summed E-state index contributed by atoms with van der Waals surface area (Å²) in [6.45, 7) is 8.19. The minimum Gasteiger partial charge on any atom is -0.342 e. The first-order valence-corrected chi connectivity index (χ1v) is 6.16. The smallest absolute Gasteiger partial charge is 0.104 e. The summed E-state index contributed by atoms with van der Waals surface area (Å²) in [6.07, 6.45) is 3.01. The van der Waals surface area contributed by atoms with Crippen LogP contribution in [0, 0.1) is 13.8 Å². The second-order valence-corrected chi connectivity index (χ2v) is 4.86. The number of nitrogens with zero attached hydrogens (tertiary/aromatic N) is 2. The number of imidazole rings is 1. The molecule has 18 heavy (non-hydrogen) atoms. The van der Waals surface area contributed by atoms with Gasteiger partial charge in [0, 0.05) is 18.3 Å². The Hall–Kier alpha value is -1.90. The van der Waals surface area contributed by atoms with Gasteiger partial charge >= 0.3 is 0 Å². The summed E-state index contributed by atoms with van der Waals surface area (Å²) < 4.78 is 0. The Morgan fingerprint density at radius 1 is 1.11 bits per heavy atom. The highest BCUT2D eigenvalue weighted by Crippen LogP contribution is 2.12. The van der Waals surface area contributed by atoms with Crippen molar-refractivity contribution in [1.29, 1.82) is 0 Å². The normalized spacial score (nSPS) is 14.0. The van der Waals surface area contributed by atoms with Gasteiger partial charge in [0.2, 0.25) is 0 Å². The van der Waals surface area contributed by atoms with Crippen LogP contribution >= 0.6 is 0 Å². The van der Waals surface area contributed by atoms with Crippen LogP contribution in [0.1, 0.15) is 31.7 Å². The van der Waals surface area contributed by atoms with E-state index in [4.69, 9.17) is 0 Å². The van der Waals surface area contributed by atoms with Crippen molar-refractivity contribution in [1.82, 2.24) is 9.97 Å². The van der Waals surface area contributed by atoms with Gasteiger partial charge in [-0.15, -0.1) is 0 Å². The third kappa shape index (κ3) is 3.06. The Labute approximate surface area is 108 Å². The number of fused-ring (bicyclic) bond motifs is 1. The number of hydrogen-bond acceptors (Lipinski definition) is 2. The fourth-order valence-corrected chi connectivity index (χ4v) is 1.97. The van der Waals surface area contributed by atoms with Gasteiger partial charge in [0.15, 0.2) is 0 Å². The number of aryl methyl sites for hydroxylation is 2. The van der Waals surface area contributed by atoms with Crippen molar-refractivity contribution in [2.24, 2.45) is 4.99 Å². The van der Waals surface area contributed by atoms with E-state index in [1.807, 2.05) is 26.1 Å². The third-order valence-electron chi connectivity index (χ3n) is 2.80. The minimum absolute atomic E-state index is 0.977. The van der Waals surface area contributed by atoms with E-state index in [1.54, 1.807) is 0 Å². The molecule has 0 unspecified atom stereocenters. The van der Waals surface area contributed by atoms with Crippen LogP contribution in [0.4, 0.5) is 0 Å². The Morgan fingerprint density at radius 3 is 2.44 bits per heavy atom. The predicted molar refractivity (Wildman–Crippen MR) is 77.1 cm³/mol. The average molecular weight is 241 g/mol. The zero-order valence-corrected chi connectivity index (χ0v) is 11.4. The van der Waals surface area contributed by atoms with E-state index in [9.17, 15) is 0 Å². The Kier molecular flexibility index (Phi) is 3.60. The molecule has 1 aromatic carbocycles. The lowest BCUT2D eigenvalue weighted by Crippen LogP contribution is -1.82. The second-order valence-electron chi connectivity index (χ2n) is 4.86. The molecule has 0 fully saturated rings. The fourth-order valence-electron chi connectivity index (χ4n) is 1.97. The third-order valence-corrected chi connectivity index (χ3v) is 2.80. The molecule has 3 nitrogen and oxygen atoms in total. The van der Waals surface area contributed by atoms with Crippen molar-refractivity contribution in [3.8, 4) is 0 Å². The SMILES string of the molecule is CC1=CN=C(C)C1.Cc1ccc2nc(C)[nH]c2c1. The lowest BCUT2D eigenvalue weighted by molar-refractivity contribution is 1.17. The summed E-state index contributed by atoms with van der Waals surface area (Å²) in [5.41, 5.74) is 6.05. The number of nitrogens with one attached hydrogen (secondary N) is 1. The van der Waals surface area contributed by atoms with Crippen LogP contribution in [0.3, 0.4) is 0 Å². The molecule has 0 bridgehead atoms. The van der Waals surface area contributed by atoms with Crippen LogP contribution in [0.25, 0.3) is 11.0 Å². The predicted octanol–water partition coefficient (Wildman–Crippen LogP) is 3.93. The van der Waals surface area contributed by atoms with E-state index in [1.165, 1.54) is 16.8 Å². The van der Waals surface area contributed by atoms with Gasteiger partial charge in [0.1, 0.15) is 5.82 Å². The van der Waals surface area contributed by atoms with Crippen molar-refractivity contribution in [2.45, 2.75) is 34.1 Å². The van der Waals surface area contributed by atoms with E-state index in [0.717, 1.165) is 23.3 Å². The van der Waals surface area contributed by atoms with Crippen LogP contribution in [0.5, 0.6) is 0 Å². The summed E-state index contributed by atoms with van der Waals surface area (Å²) in [5.74, 6) is 0.977. The minimum atomic E-state index is 0.977. The largest absolute Gasteiger partial charge is 0.342 e. The molecule has 1 aliphatic heterocycles. The maximum Gasteiger partial charge on any atom is 0.104 e. The first-order chi connectivity index (χ1) is 8.54. The highest BCUT2D eigenvalue weighted by atomic mass is 14.9. The fraction of sp³-hybridized carbons (Fsp3) is 0.333. The van der Waals surface area contributed by atoms with Crippen molar-refractivity contribution < 1.29 is 0 Å². The maximum absolute atomic E-state index is 4.30. The van der Waals surface area contributed by atoms with Gasteiger partial charge in [-0.3, -0.25) is 4.99 Å². The molecule has 0 saturated heterocycles. The van der Waals surface area contributed by atoms with E-state index in [0.29, 0.717) is 0 Å². The van der Waals surface area contributed by atoms with Gasteiger partial charge in [0.25, 0.3) is 0 Å². The Morgan fingerprint density at radius 2 is 1.89 bits per heavy atom. The van der Waals surface area contributed by atoms with Gasteiger partial charge in [-0.2, -0.15) is 0 Å². The Balaban J connectivity index is 0.000000149. The highest BCUT2D eigenvalue weighted by Gasteiger charge is 1.98. The van der Waals surface area contributed by atoms with Gasteiger partial charge in [-0.1, -0.05) is 6.07 Å². The number of aromatic nitrogens is 2. The van der Waals surface area contributed by atoms with Crippen LogP contribution in [-0.2, 0) is 0 Å². The van der Waals surface area contributed by atoms with Gasteiger partial charge in [0.05, 0.1) is 11.0 Å². The topological polar surface area (TPSA) is 41.0 Å². The molecule has 0 saturated carbocycles. The average Bonchev–Trinajstić information content (AvgIpc) is 2.83. The maximum atomic E-state index is 4.30. The van der Waals surface area contributed by atoms with E-state index >= 15 is 0 Å². The van der Waals surface area contributed by atoms with Gasteiger partial charge < -0.3 is 4.98 Å². The zero-order valence-electron chi connectivity index (χ0n) is 11.4. The van der Waals surface area contributed by atoms with Gasteiger partial charge in [-0.25, -0.2) is 4.98 Å². The first kappa shape index (κ1) is 12.6. The number of hydrogen-bond donors (Lipinski definition) is 1. The number of aromatic amines is 1. The summed E-state index contributed by atoms with van der Waals surface area (Å²) in [6, 6.07) is 6.21. The molecule has 0 radical (unpaired) electrons. The zero-order chi connectivity index (χ0) is 13.1. The van der Waals surface area contributed by atoms with Crippen LogP contribution in [0.15, 0.2) is 35.0 Å². The summed E-state index contributed by atoms with van der Waals surface area (Å²) in [7, 11) is 0. The van der Waals surface area contributed by atoms with E-state index in [-0.39, 0.29) is 0 Å². The van der Waals surface area contributed by atoms with Crippen LogP contribution in [0.2, 0.25) is 0 Å². The number of rotatable bonds is 0. The first-order valence-electron chi connectivity index (χ1n) is 6.16. The quantitative estimate of drug-likeness (QED) is 0.745. The lowest BCUT2D eigenvalue weighted by Gasteiger charge is -1.89. The van der Waals surface area contributed by atoms with Crippen LogP contribution < -0.4 is 0 Å². The molecule has 1 N–H and O–H groups in total. The summed E-state index contributed by atoms with van der Waals surface area (Å²) >= 11 is 0. The lowest BCUT2D eigenvalue weighted by atomic mass is 10.2. The molecule has 0 aliphatic carbocycles. The number of aliphatic imine (C=N–C) groups is 1. The summed E-state index contributed by atoms with van der Waals surface area (Å²) in [4.78, 5) is 11.6. The molecule has 0 atom stereocenters. The molecule has 2 aromatic rings. The molecular formula is C15H19N3. The Bertz CT molecular complexity index is 602. The molecule has 0 amide bonds. The number of H-pyrrole nitrogens is 1. The van der Waals surface area contributed by atoms with Gasteiger partial charge in [-0.05, 0) is 51.0 Å². The monoisotopic (exact) mass is 241 g/mol. The standard InChI is InChI=1S/C9H10N2.C6H9N/c1-6-3-4-8-9(5-6)11-7(2)10-8;1-5-3-6(2)7-4-5/h3-5H,1-2H3,(H,10,11);4H,3H2,1-2H3.